The van der Waals surface area contributed by atoms with Crippen LogP contribution >= 0.6 is 0 Å². The molecule has 1 saturated heterocycles. The summed E-state index contributed by atoms with van der Waals surface area (Å²) in [6.07, 6.45) is 2.07. The minimum Gasteiger partial charge on any atom is -0.468 e. The number of methoxy groups -OCH3 is 1. The van der Waals surface area contributed by atoms with Gasteiger partial charge in [-0.05, 0) is 39.5 Å². The summed E-state index contributed by atoms with van der Waals surface area (Å²) in [5.41, 5.74) is -0.784. The van der Waals surface area contributed by atoms with Crippen molar-refractivity contribution in [2.24, 2.45) is 5.92 Å². The zero-order chi connectivity index (χ0) is 14.3. The zero-order valence-electron chi connectivity index (χ0n) is 12.5. The lowest BCUT2D eigenvalue weighted by Crippen LogP contribution is -2.56. The molecule has 19 heavy (non-hydrogen) atoms. The summed E-state index contributed by atoms with van der Waals surface area (Å²) in [4.78, 5) is 11.9. The highest BCUT2D eigenvalue weighted by Crippen LogP contribution is 2.16. The summed E-state index contributed by atoms with van der Waals surface area (Å²) in [7, 11) is 1.40. The predicted octanol–water partition coefficient (Wildman–Crippen LogP) is 1.36. The second kappa shape index (κ2) is 7.82. The molecule has 1 aliphatic rings. The quantitative estimate of drug-likeness (QED) is 0.710. The van der Waals surface area contributed by atoms with Crippen LogP contribution in [0.5, 0.6) is 0 Å². The minimum absolute atomic E-state index is 0.191. The molecule has 0 saturated carbocycles. The van der Waals surface area contributed by atoms with Crippen LogP contribution in [0.3, 0.4) is 0 Å². The summed E-state index contributed by atoms with van der Waals surface area (Å²) >= 11 is 0. The Hall–Kier alpha value is -0.650. The first-order chi connectivity index (χ1) is 8.98. The molecule has 5 heteroatoms. The molecule has 0 aliphatic carbocycles. The number of ether oxygens (including phenoxy) is 3. The van der Waals surface area contributed by atoms with E-state index in [1.54, 1.807) is 0 Å². The molecule has 0 amide bonds. The maximum Gasteiger partial charge on any atom is 0.328 e. The van der Waals surface area contributed by atoms with Crippen LogP contribution in [0, 0.1) is 5.92 Å². The highest BCUT2D eigenvalue weighted by atomic mass is 16.5. The lowest BCUT2D eigenvalue weighted by atomic mass is 10.0. The second-order valence-corrected chi connectivity index (χ2v) is 5.69. The Labute approximate surface area is 116 Å². The summed E-state index contributed by atoms with van der Waals surface area (Å²) in [6, 6.07) is 0.191. The van der Waals surface area contributed by atoms with E-state index in [9.17, 15) is 4.79 Å². The van der Waals surface area contributed by atoms with Crippen molar-refractivity contribution in [1.29, 1.82) is 0 Å². The van der Waals surface area contributed by atoms with E-state index in [2.05, 4.69) is 5.32 Å². The van der Waals surface area contributed by atoms with Gasteiger partial charge in [-0.2, -0.15) is 0 Å². The highest BCUT2D eigenvalue weighted by molar-refractivity contribution is 5.80. The molecule has 0 aromatic heterocycles. The van der Waals surface area contributed by atoms with Crippen LogP contribution in [0.15, 0.2) is 0 Å². The molecule has 1 fully saturated rings. The molecule has 1 aliphatic heterocycles. The van der Waals surface area contributed by atoms with Gasteiger partial charge in [-0.3, -0.25) is 5.32 Å². The average Bonchev–Trinajstić information content (AvgIpc) is 2.38. The minimum atomic E-state index is -0.784. The van der Waals surface area contributed by atoms with Gasteiger partial charge in [0.25, 0.3) is 0 Å². The van der Waals surface area contributed by atoms with E-state index in [0.29, 0.717) is 19.1 Å². The Bertz CT molecular complexity index is 277. The molecule has 1 rings (SSSR count). The Morgan fingerprint density at radius 2 is 2.05 bits per heavy atom. The van der Waals surface area contributed by atoms with Crippen molar-refractivity contribution in [2.45, 2.75) is 45.2 Å². The maximum atomic E-state index is 11.9. The molecule has 112 valence electrons. The molecular formula is C14H27NO4. The average molecular weight is 273 g/mol. The fourth-order valence-corrected chi connectivity index (χ4v) is 2.36. The Balaban J connectivity index is 2.41. The van der Waals surface area contributed by atoms with Crippen LogP contribution in [0.2, 0.25) is 0 Å². The van der Waals surface area contributed by atoms with Crippen LogP contribution in [0.1, 0.15) is 33.6 Å². The second-order valence-electron chi connectivity index (χ2n) is 5.69. The fourth-order valence-electron chi connectivity index (χ4n) is 2.36. The molecule has 1 unspecified atom stereocenters. The maximum absolute atomic E-state index is 11.9. The third-order valence-electron chi connectivity index (χ3n) is 3.33. The van der Waals surface area contributed by atoms with Gasteiger partial charge >= 0.3 is 5.97 Å². The number of nitrogens with one attached hydrogen (secondary N) is 1. The monoisotopic (exact) mass is 273 g/mol. The van der Waals surface area contributed by atoms with Crippen molar-refractivity contribution in [3.63, 3.8) is 0 Å². The molecule has 1 heterocycles. The van der Waals surface area contributed by atoms with E-state index >= 15 is 0 Å². The van der Waals surface area contributed by atoms with E-state index in [1.165, 1.54) is 7.11 Å². The number of rotatable bonds is 7. The highest BCUT2D eigenvalue weighted by Gasteiger charge is 2.35. The predicted molar refractivity (Wildman–Crippen MR) is 73.1 cm³/mol. The molecule has 0 spiro atoms. The first-order valence-corrected chi connectivity index (χ1v) is 6.99. The van der Waals surface area contributed by atoms with Crippen molar-refractivity contribution in [1.82, 2.24) is 5.32 Å². The van der Waals surface area contributed by atoms with E-state index < -0.39 is 5.54 Å². The van der Waals surface area contributed by atoms with Crippen LogP contribution < -0.4 is 5.32 Å². The summed E-state index contributed by atoms with van der Waals surface area (Å²) in [5.74, 6) is 0.253. The molecule has 0 aromatic carbocycles. The Morgan fingerprint density at radius 3 is 2.58 bits per heavy atom. The van der Waals surface area contributed by atoms with Crippen LogP contribution in [0.25, 0.3) is 0 Å². The molecule has 0 radical (unpaired) electrons. The van der Waals surface area contributed by atoms with Gasteiger partial charge in [0, 0.05) is 25.9 Å². The fraction of sp³-hybridized carbons (Fsp3) is 0.929. The van der Waals surface area contributed by atoms with Crippen molar-refractivity contribution >= 4 is 5.97 Å². The smallest absolute Gasteiger partial charge is 0.328 e. The normalized spacial score (nSPS) is 20.3. The molecule has 0 aromatic rings. The third kappa shape index (κ3) is 5.47. The third-order valence-corrected chi connectivity index (χ3v) is 3.33. The van der Waals surface area contributed by atoms with E-state index in [-0.39, 0.29) is 12.0 Å². The van der Waals surface area contributed by atoms with Crippen molar-refractivity contribution in [3.8, 4) is 0 Å². The molecule has 1 N–H and O–H groups in total. The van der Waals surface area contributed by atoms with Gasteiger partial charge in [-0.25, -0.2) is 4.79 Å². The number of carbonyl (C=O) groups excluding carboxylic acids is 1. The van der Waals surface area contributed by atoms with E-state index in [1.807, 2.05) is 20.8 Å². The van der Waals surface area contributed by atoms with Crippen LogP contribution in [-0.2, 0) is 19.0 Å². The van der Waals surface area contributed by atoms with Gasteiger partial charge in [0.05, 0.1) is 13.7 Å². The lowest BCUT2D eigenvalue weighted by Gasteiger charge is -2.31. The summed E-state index contributed by atoms with van der Waals surface area (Å²) < 4.78 is 15.9. The van der Waals surface area contributed by atoms with Gasteiger partial charge in [-0.1, -0.05) is 0 Å². The first kappa shape index (κ1) is 16.4. The number of hydrogen-bond acceptors (Lipinski definition) is 5. The summed E-state index contributed by atoms with van der Waals surface area (Å²) in [5, 5.41) is 3.22. The Kier molecular flexibility index (Phi) is 6.75. The largest absolute Gasteiger partial charge is 0.468 e. The van der Waals surface area contributed by atoms with Gasteiger partial charge in [0.1, 0.15) is 5.54 Å². The van der Waals surface area contributed by atoms with Crippen LogP contribution in [0.4, 0.5) is 0 Å². The van der Waals surface area contributed by atoms with E-state index in [4.69, 9.17) is 14.2 Å². The van der Waals surface area contributed by atoms with Gasteiger partial charge < -0.3 is 14.2 Å². The number of hydrogen-bond donors (Lipinski definition) is 1. The van der Waals surface area contributed by atoms with Crippen molar-refractivity contribution in [3.05, 3.63) is 0 Å². The van der Waals surface area contributed by atoms with Crippen molar-refractivity contribution in [2.75, 3.05) is 33.5 Å². The lowest BCUT2D eigenvalue weighted by molar-refractivity contribution is -0.151. The van der Waals surface area contributed by atoms with Crippen molar-refractivity contribution < 1.29 is 19.0 Å². The van der Waals surface area contributed by atoms with E-state index in [0.717, 1.165) is 26.1 Å². The first-order valence-electron chi connectivity index (χ1n) is 6.99. The van der Waals surface area contributed by atoms with Gasteiger partial charge in [0.2, 0.25) is 0 Å². The van der Waals surface area contributed by atoms with Crippen LogP contribution in [-0.4, -0.2) is 51.1 Å². The topological polar surface area (TPSA) is 56.8 Å². The molecule has 0 bridgehead atoms. The molecular weight excluding hydrogens is 246 g/mol. The Morgan fingerprint density at radius 1 is 1.42 bits per heavy atom. The SMILES string of the molecule is COC(=O)C(C)(COCC1CCOCC1)NC(C)C. The zero-order valence-corrected chi connectivity index (χ0v) is 12.5. The van der Waals surface area contributed by atoms with Gasteiger partial charge in [-0.15, -0.1) is 0 Å². The molecule has 1 atom stereocenters. The standard InChI is InChI=1S/C14H27NO4/c1-11(2)15-14(3,13(16)17-4)10-19-9-12-5-7-18-8-6-12/h11-12,15H,5-10H2,1-4H3. The van der Waals surface area contributed by atoms with Gasteiger partial charge in [0.15, 0.2) is 0 Å². The summed E-state index contributed by atoms with van der Waals surface area (Å²) in [6.45, 7) is 8.45. The number of esters is 1. The molecule has 5 nitrogen and oxygen atoms in total. The number of carbonyl (C=O) groups is 1.